The first-order valence-electron chi connectivity index (χ1n) is 7.99. The van der Waals surface area contributed by atoms with E-state index in [0.29, 0.717) is 12.0 Å². The second kappa shape index (κ2) is 7.18. The molecule has 0 saturated heterocycles. The van der Waals surface area contributed by atoms with Crippen LogP contribution in [-0.4, -0.2) is 22.7 Å². The van der Waals surface area contributed by atoms with Gasteiger partial charge < -0.3 is 9.84 Å². The van der Waals surface area contributed by atoms with E-state index in [-0.39, 0.29) is 0 Å². The van der Waals surface area contributed by atoms with Gasteiger partial charge >= 0.3 is 0 Å². The molecule has 1 aliphatic rings. The lowest BCUT2D eigenvalue weighted by Crippen LogP contribution is -2.35. The molecule has 0 amide bonds. The molecule has 2 aromatic rings. The molecule has 1 saturated carbocycles. The van der Waals surface area contributed by atoms with Gasteiger partial charge in [0.25, 0.3) is 0 Å². The zero-order valence-corrected chi connectivity index (χ0v) is 13.4. The maximum Gasteiger partial charge on any atom is 0.231 e. The standard InChI is InChI=1S/C16H23N3OS/c1-2-10-17-13-8-5-3-4-7-12(13)16-18-15(19-20-16)14-9-6-11-21-14/h6,9,11-13,17H,2-5,7-8,10H2,1H3. The van der Waals surface area contributed by atoms with E-state index in [1.165, 1.54) is 25.7 Å². The Morgan fingerprint density at radius 1 is 1.33 bits per heavy atom. The molecule has 1 N–H and O–H groups in total. The lowest BCUT2D eigenvalue weighted by molar-refractivity contribution is 0.304. The number of thiophene rings is 1. The number of nitrogens with zero attached hydrogens (tertiary/aromatic N) is 2. The largest absolute Gasteiger partial charge is 0.339 e. The molecule has 2 aromatic heterocycles. The van der Waals surface area contributed by atoms with Crippen LogP contribution in [0.4, 0.5) is 0 Å². The highest BCUT2D eigenvalue weighted by molar-refractivity contribution is 7.13. The Morgan fingerprint density at radius 2 is 2.24 bits per heavy atom. The molecule has 2 unspecified atom stereocenters. The molecular weight excluding hydrogens is 282 g/mol. The van der Waals surface area contributed by atoms with Crippen LogP contribution in [0.25, 0.3) is 10.7 Å². The molecule has 2 atom stereocenters. The summed E-state index contributed by atoms with van der Waals surface area (Å²) < 4.78 is 5.60. The average molecular weight is 305 g/mol. The molecule has 1 fully saturated rings. The van der Waals surface area contributed by atoms with Gasteiger partial charge in [0.1, 0.15) is 0 Å². The van der Waals surface area contributed by atoms with Crippen molar-refractivity contribution >= 4 is 11.3 Å². The predicted molar refractivity (Wildman–Crippen MR) is 85.5 cm³/mol. The number of hydrogen-bond acceptors (Lipinski definition) is 5. The highest BCUT2D eigenvalue weighted by Gasteiger charge is 2.29. The van der Waals surface area contributed by atoms with Gasteiger partial charge in [-0.15, -0.1) is 11.3 Å². The Kier molecular flexibility index (Phi) is 5.04. The summed E-state index contributed by atoms with van der Waals surface area (Å²) in [6.45, 7) is 3.27. The van der Waals surface area contributed by atoms with Crippen molar-refractivity contribution in [3.63, 3.8) is 0 Å². The summed E-state index contributed by atoms with van der Waals surface area (Å²) in [6, 6.07) is 4.54. The lowest BCUT2D eigenvalue weighted by Gasteiger charge is -2.23. The molecule has 114 valence electrons. The van der Waals surface area contributed by atoms with E-state index >= 15 is 0 Å². The fourth-order valence-electron chi connectivity index (χ4n) is 3.07. The predicted octanol–water partition coefficient (Wildman–Crippen LogP) is 4.21. The monoisotopic (exact) mass is 305 g/mol. The van der Waals surface area contributed by atoms with Crippen molar-refractivity contribution in [1.82, 2.24) is 15.5 Å². The fourth-order valence-corrected chi connectivity index (χ4v) is 3.72. The van der Waals surface area contributed by atoms with E-state index in [2.05, 4.69) is 22.4 Å². The molecule has 1 aliphatic carbocycles. The Morgan fingerprint density at radius 3 is 3.05 bits per heavy atom. The summed E-state index contributed by atoms with van der Waals surface area (Å²) in [5.41, 5.74) is 0. The molecule has 0 spiro atoms. The van der Waals surface area contributed by atoms with E-state index in [4.69, 9.17) is 4.52 Å². The van der Waals surface area contributed by atoms with Crippen LogP contribution in [0, 0.1) is 0 Å². The van der Waals surface area contributed by atoms with Gasteiger partial charge in [-0.25, -0.2) is 0 Å². The van der Waals surface area contributed by atoms with Crippen LogP contribution in [0.1, 0.15) is 57.3 Å². The Balaban J connectivity index is 1.78. The van der Waals surface area contributed by atoms with Crippen LogP contribution in [0.5, 0.6) is 0 Å². The Hall–Kier alpha value is -1.20. The number of aromatic nitrogens is 2. The van der Waals surface area contributed by atoms with Gasteiger partial charge in [-0.05, 0) is 37.3 Å². The summed E-state index contributed by atoms with van der Waals surface area (Å²) >= 11 is 1.65. The molecule has 0 radical (unpaired) electrons. The van der Waals surface area contributed by atoms with Crippen molar-refractivity contribution in [2.75, 3.05) is 6.54 Å². The topological polar surface area (TPSA) is 51.0 Å². The van der Waals surface area contributed by atoms with Gasteiger partial charge in [-0.3, -0.25) is 0 Å². The summed E-state index contributed by atoms with van der Waals surface area (Å²) in [6.07, 6.45) is 7.38. The van der Waals surface area contributed by atoms with Gasteiger partial charge in [0, 0.05) is 6.04 Å². The number of nitrogens with one attached hydrogen (secondary N) is 1. The Labute approximate surface area is 130 Å². The van der Waals surface area contributed by atoms with Crippen LogP contribution in [0.15, 0.2) is 22.0 Å². The molecule has 3 rings (SSSR count). The van der Waals surface area contributed by atoms with Crippen molar-refractivity contribution in [2.45, 2.75) is 57.4 Å². The highest BCUT2D eigenvalue weighted by atomic mass is 32.1. The second-order valence-electron chi connectivity index (χ2n) is 5.74. The maximum absolute atomic E-state index is 5.60. The van der Waals surface area contributed by atoms with Gasteiger partial charge in [0.2, 0.25) is 11.7 Å². The van der Waals surface area contributed by atoms with Crippen molar-refractivity contribution in [1.29, 1.82) is 0 Å². The third-order valence-corrected chi connectivity index (χ3v) is 5.04. The summed E-state index contributed by atoms with van der Waals surface area (Å²) in [5.74, 6) is 1.91. The third-order valence-electron chi connectivity index (χ3n) is 4.17. The van der Waals surface area contributed by atoms with Crippen LogP contribution in [0.3, 0.4) is 0 Å². The molecule has 0 aliphatic heterocycles. The normalized spacial score (nSPS) is 23.1. The van der Waals surface area contributed by atoms with E-state index in [9.17, 15) is 0 Å². The van der Waals surface area contributed by atoms with Crippen LogP contribution in [0.2, 0.25) is 0 Å². The molecule has 0 bridgehead atoms. The zero-order chi connectivity index (χ0) is 14.5. The molecule has 21 heavy (non-hydrogen) atoms. The third kappa shape index (κ3) is 3.52. The van der Waals surface area contributed by atoms with E-state index in [1.807, 2.05) is 17.5 Å². The highest BCUT2D eigenvalue weighted by Crippen LogP contribution is 2.32. The zero-order valence-electron chi connectivity index (χ0n) is 12.5. The van der Waals surface area contributed by atoms with Crippen molar-refractivity contribution in [3.8, 4) is 10.7 Å². The lowest BCUT2D eigenvalue weighted by atomic mass is 9.94. The second-order valence-corrected chi connectivity index (χ2v) is 6.69. The molecule has 4 nitrogen and oxygen atoms in total. The summed E-state index contributed by atoms with van der Waals surface area (Å²) in [4.78, 5) is 5.75. The van der Waals surface area contributed by atoms with Crippen molar-refractivity contribution in [2.24, 2.45) is 0 Å². The van der Waals surface area contributed by atoms with Crippen LogP contribution >= 0.6 is 11.3 Å². The molecule has 2 heterocycles. The minimum absolute atomic E-state index is 0.361. The van der Waals surface area contributed by atoms with E-state index < -0.39 is 0 Å². The minimum Gasteiger partial charge on any atom is -0.339 e. The number of rotatable bonds is 5. The summed E-state index contributed by atoms with van der Waals surface area (Å²) in [7, 11) is 0. The van der Waals surface area contributed by atoms with Crippen molar-refractivity contribution < 1.29 is 4.52 Å². The van der Waals surface area contributed by atoms with Gasteiger partial charge in [0.15, 0.2) is 0 Å². The van der Waals surface area contributed by atoms with E-state index in [0.717, 1.165) is 36.0 Å². The first-order chi connectivity index (χ1) is 10.4. The van der Waals surface area contributed by atoms with Gasteiger partial charge in [-0.1, -0.05) is 37.4 Å². The SMILES string of the molecule is CCCNC1CCCCCC1c1nc(-c2cccs2)no1. The minimum atomic E-state index is 0.361. The maximum atomic E-state index is 5.60. The first-order valence-corrected chi connectivity index (χ1v) is 8.87. The van der Waals surface area contributed by atoms with Gasteiger partial charge in [-0.2, -0.15) is 4.98 Å². The van der Waals surface area contributed by atoms with Crippen LogP contribution in [-0.2, 0) is 0 Å². The molecular formula is C16H23N3OS. The van der Waals surface area contributed by atoms with Crippen molar-refractivity contribution in [3.05, 3.63) is 23.4 Å². The molecule has 0 aromatic carbocycles. The Bertz CT molecular complexity index is 537. The van der Waals surface area contributed by atoms with Crippen LogP contribution < -0.4 is 5.32 Å². The molecule has 5 heteroatoms. The number of hydrogen-bond donors (Lipinski definition) is 1. The van der Waals surface area contributed by atoms with E-state index in [1.54, 1.807) is 11.3 Å². The quantitative estimate of drug-likeness (QED) is 0.841. The van der Waals surface area contributed by atoms with Gasteiger partial charge in [0.05, 0.1) is 10.8 Å². The first kappa shape index (κ1) is 14.7. The average Bonchev–Trinajstić information content (AvgIpc) is 3.13. The summed E-state index contributed by atoms with van der Waals surface area (Å²) in [5, 5.41) is 9.90. The fraction of sp³-hybridized carbons (Fsp3) is 0.625. The smallest absolute Gasteiger partial charge is 0.231 e.